The molecule has 0 aliphatic carbocycles. The summed E-state index contributed by atoms with van der Waals surface area (Å²) in [5.74, 6) is 0.452. The number of hydrogen-bond donors (Lipinski definition) is 3. The third kappa shape index (κ3) is 7.11. The Morgan fingerprint density at radius 3 is 2.69 bits per heavy atom. The molecule has 0 saturated carbocycles. The zero-order valence-corrected chi connectivity index (χ0v) is 8.08. The van der Waals surface area contributed by atoms with Crippen LogP contribution in [-0.4, -0.2) is 23.5 Å². The van der Waals surface area contributed by atoms with Crippen molar-refractivity contribution >= 4 is 11.7 Å². The molecule has 76 valence electrons. The molecule has 0 saturated heterocycles. The predicted molar refractivity (Wildman–Crippen MR) is 50.5 cm³/mol. The van der Waals surface area contributed by atoms with Crippen LogP contribution in [0.4, 0.5) is 0 Å². The van der Waals surface area contributed by atoms with Gasteiger partial charge in [-0.05, 0) is 12.3 Å². The van der Waals surface area contributed by atoms with Gasteiger partial charge in [-0.3, -0.25) is 4.79 Å². The van der Waals surface area contributed by atoms with Crippen molar-refractivity contribution in [3.05, 3.63) is 0 Å². The normalized spacial score (nSPS) is 11.8. The molecule has 1 amide bonds. The minimum atomic E-state index is -0.0692. The number of carbonyl (C=O) groups is 1. The van der Waals surface area contributed by atoms with Crippen LogP contribution in [0.25, 0.3) is 0 Å². The lowest BCUT2D eigenvalue weighted by molar-refractivity contribution is -0.121. The van der Waals surface area contributed by atoms with E-state index in [4.69, 9.17) is 10.9 Å². The highest BCUT2D eigenvalue weighted by molar-refractivity contribution is 5.86. The highest BCUT2D eigenvalue weighted by Gasteiger charge is 2.03. The molecule has 5 heteroatoms. The van der Waals surface area contributed by atoms with E-state index in [9.17, 15) is 4.79 Å². The van der Waals surface area contributed by atoms with Crippen LogP contribution in [0.3, 0.4) is 0 Å². The summed E-state index contributed by atoms with van der Waals surface area (Å²) in [6, 6.07) is 0. The first-order valence-corrected chi connectivity index (χ1v) is 4.29. The number of nitrogens with two attached hydrogens (primary N) is 1. The van der Waals surface area contributed by atoms with Gasteiger partial charge in [0.15, 0.2) is 5.84 Å². The van der Waals surface area contributed by atoms with Gasteiger partial charge in [0.1, 0.15) is 0 Å². The van der Waals surface area contributed by atoms with Gasteiger partial charge in [-0.25, -0.2) is 0 Å². The van der Waals surface area contributed by atoms with Gasteiger partial charge in [0.2, 0.25) is 5.91 Å². The Morgan fingerprint density at radius 1 is 1.62 bits per heavy atom. The van der Waals surface area contributed by atoms with E-state index in [1.807, 2.05) is 0 Å². The average molecular weight is 187 g/mol. The summed E-state index contributed by atoms with van der Waals surface area (Å²) in [6.07, 6.45) is 1.33. The van der Waals surface area contributed by atoms with Gasteiger partial charge in [-0.1, -0.05) is 19.0 Å². The topological polar surface area (TPSA) is 87.7 Å². The third-order valence-corrected chi connectivity index (χ3v) is 1.54. The maximum absolute atomic E-state index is 11.1. The van der Waals surface area contributed by atoms with Crippen molar-refractivity contribution in [3.63, 3.8) is 0 Å². The number of carbonyl (C=O) groups excluding carboxylic acids is 1. The van der Waals surface area contributed by atoms with Crippen LogP contribution in [0.2, 0.25) is 0 Å². The Kier molecular flexibility index (Phi) is 5.67. The summed E-state index contributed by atoms with van der Waals surface area (Å²) in [6.45, 7) is 4.21. The predicted octanol–water partition coefficient (Wildman–Crippen LogP) is 0.285. The molecule has 0 aliphatic rings. The fraction of sp³-hybridized carbons (Fsp3) is 0.750. The highest BCUT2D eigenvalue weighted by atomic mass is 16.4. The number of nitrogens with zero attached hydrogens (tertiary/aromatic N) is 1. The molecule has 4 N–H and O–H groups in total. The van der Waals surface area contributed by atoms with Crippen molar-refractivity contribution in [1.82, 2.24) is 5.32 Å². The van der Waals surface area contributed by atoms with Crippen molar-refractivity contribution in [2.45, 2.75) is 26.7 Å². The minimum absolute atomic E-state index is 0.0119. The van der Waals surface area contributed by atoms with Gasteiger partial charge in [0, 0.05) is 6.42 Å². The Bertz CT molecular complexity index is 190. The summed E-state index contributed by atoms with van der Waals surface area (Å²) in [5.41, 5.74) is 5.16. The average Bonchev–Trinajstić information content (AvgIpc) is 2.10. The van der Waals surface area contributed by atoms with Crippen LogP contribution < -0.4 is 11.1 Å². The van der Waals surface area contributed by atoms with E-state index in [2.05, 4.69) is 24.3 Å². The fourth-order valence-corrected chi connectivity index (χ4v) is 0.733. The smallest absolute Gasteiger partial charge is 0.220 e. The maximum Gasteiger partial charge on any atom is 0.220 e. The maximum atomic E-state index is 11.1. The third-order valence-electron chi connectivity index (χ3n) is 1.54. The summed E-state index contributed by atoms with van der Waals surface area (Å²) in [5, 5.41) is 13.4. The van der Waals surface area contributed by atoms with Crippen LogP contribution in [0.1, 0.15) is 26.7 Å². The number of oxime groups is 1. The van der Waals surface area contributed by atoms with Gasteiger partial charge >= 0.3 is 0 Å². The summed E-state index contributed by atoms with van der Waals surface area (Å²) >= 11 is 0. The molecule has 0 rings (SSSR count). The lowest BCUT2D eigenvalue weighted by Gasteiger charge is -2.05. The summed E-state index contributed by atoms with van der Waals surface area (Å²) in [7, 11) is 0. The van der Waals surface area contributed by atoms with E-state index in [1.54, 1.807) is 0 Å². The van der Waals surface area contributed by atoms with E-state index in [0.29, 0.717) is 12.3 Å². The molecule has 5 nitrogen and oxygen atoms in total. The lowest BCUT2D eigenvalue weighted by atomic mass is 10.1. The first-order chi connectivity index (χ1) is 6.06. The van der Waals surface area contributed by atoms with Crippen molar-refractivity contribution < 1.29 is 10.0 Å². The number of amidine groups is 1. The molecular weight excluding hydrogens is 170 g/mol. The van der Waals surface area contributed by atoms with Crippen LogP contribution in [-0.2, 0) is 4.79 Å². The molecular formula is C8H17N3O2. The molecule has 0 bridgehead atoms. The van der Waals surface area contributed by atoms with E-state index < -0.39 is 0 Å². The first-order valence-electron chi connectivity index (χ1n) is 4.29. The van der Waals surface area contributed by atoms with E-state index in [1.165, 1.54) is 0 Å². The second kappa shape index (κ2) is 6.28. The van der Waals surface area contributed by atoms with Crippen LogP contribution in [0.5, 0.6) is 0 Å². The molecule has 0 atom stereocenters. The second-order valence-corrected chi connectivity index (χ2v) is 3.30. The van der Waals surface area contributed by atoms with Crippen molar-refractivity contribution in [2.75, 3.05) is 6.54 Å². The second-order valence-electron chi connectivity index (χ2n) is 3.30. The van der Waals surface area contributed by atoms with Crippen molar-refractivity contribution in [2.24, 2.45) is 16.8 Å². The SMILES string of the molecule is CC(C)CCC(=O)NC/C(N)=N/O. The Morgan fingerprint density at radius 2 is 2.23 bits per heavy atom. The molecule has 0 aromatic heterocycles. The molecule has 0 fully saturated rings. The van der Waals surface area contributed by atoms with Gasteiger partial charge in [0.25, 0.3) is 0 Å². The Balaban J connectivity index is 3.52. The highest BCUT2D eigenvalue weighted by Crippen LogP contribution is 2.02. The minimum Gasteiger partial charge on any atom is -0.409 e. The van der Waals surface area contributed by atoms with Gasteiger partial charge in [0.05, 0.1) is 6.54 Å². The van der Waals surface area contributed by atoms with Crippen LogP contribution in [0, 0.1) is 5.92 Å². The lowest BCUT2D eigenvalue weighted by Crippen LogP contribution is -2.33. The van der Waals surface area contributed by atoms with Crippen LogP contribution in [0.15, 0.2) is 5.16 Å². The van der Waals surface area contributed by atoms with Gasteiger partial charge in [-0.2, -0.15) is 0 Å². The zero-order valence-electron chi connectivity index (χ0n) is 8.08. The van der Waals surface area contributed by atoms with Crippen LogP contribution >= 0.6 is 0 Å². The summed E-state index contributed by atoms with van der Waals surface area (Å²) in [4.78, 5) is 11.1. The molecule has 0 aliphatic heterocycles. The van der Waals surface area contributed by atoms with Gasteiger partial charge < -0.3 is 16.3 Å². The fourth-order valence-electron chi connectivity index (χ4n) is 0.733. The van der Waals surface area contributed by atoms with Crippen molar-refractivity contribution in [1.29, 1.82) is 0 Å². The first kappa shape index (κ1) is 11.7. The Labute approximate surface area is 78.0 Å². The number of nitrogens with one attached hydrogen (secondary N) is 1. The van der Waals surface area contributed by atoms with E-state index in [-0.39, 0.29) is 18.3 Å². The molecule has 0 spiro atoms. The van der Waals surface area contributed by atoms with E-state index >= 15 is 0 Å². The van der Waals surface area contributed by atoms with Crippen molar-refractivity contribution in [3.8, 4) is 0 Å². The monoisotopic (exact) mass is 187 g/mol. The molecule has 0 aromatic rings. The molecule has 0 aromatic carbocycles. The largest absolute Gasteiger partial charge is 0.409 e. The standard InChI is InChI=1S/C8H17N3O2/c1-6(2)3-4-8(12)10-5-7(9)11-13/h6,13H,3-5H2,1-2H3,(H2,9,11)(H,10,12). The number of hydrogen-bond acceptors (Lipinski definition) is 3. The van der Waals surface area contributed by atoms with Gasteiger partial charge in [-0.15, -0.1) is 0 Å². The van der Waals surface area contributed by atoms with E-state index in [0.717, 1.165) is 6.42 Å². The Hall–Kier alpha value is -1.26. The number of amides is 1. The molecule has 0 radical (unpaired) electrons. The number of rotatable bonds is 5. The molecule has 0 unspecified atom stereocenters. The quantitative estimate of drug-likeness (QED) is 0.250. The molecule has 0 heterocycles. The summed E-state index contributed by atoms with van der Waals surface area (Å²) < 4.78 is 0. The molecule has 13 heavy (non-hydrogen) atoms. The zero-order chi connectivity index (χ0) is 10.3.